The Morgan fingerprint density at radius 3 is 3.06 bits per heavy atom. The number of rotatable bonds is 3. The number of benzene rings is 1. The molecular weight excluding hydrogens is 216 g/mol. The molecule has 0 aliphatic carbocycles. The average Bonchev–Trinajstić information content (AvgIpc) is 2.86. The van der Waals surface area contributed by atoms with Crippen LogP contribution < -0.4 is 4.74 Å². The molecule has 0 saturated heterocycles. The third kappa shape index (κ3) is 1.94. The van der Waals surface area contributed by atoms with Crippen molar-refractivity contribution in [2.45, 2.75) is 6.61 Å². The first-order valence-corrected chi connectivity index (χ1v) is 5.23. The summed E-state index contributed by atoms with van der Waals surface area (Å²) in [7, 11) is 0. The van der Waals surface area contributed by atoms with Crippen molar-refractivity contribution in [2.75, 3.05) is 0 Å². The number of aromatic nitrogens is 4. The summed E-state index contributed by atoms with van der Waals surface area (Å²) in [6, 6.07) is 5.77. The fourth-order valence-corrected chi connectivity index (χ4v) is 1.61. The van der Waals surface area contributed by atoms with Crippen molar-refractivity contribution in [3.63, 3.8) is 0 Å². The Bertz CT molecular complexity index is 620. The SMILES string of the molecule is c1cc(OCc2cnccn2)c2nc[nH]c2c1. The lowest BCUT2D eigenvalue weighted by Crippen LogP contribution is -1.98. The number of fused-ring (bicyclic) bond motifs is 1. The number of para-hydroxylation sites is 1. The van der Waals surface area contributed by atoms with Crippen molar-refractivity contribution in [1.29, 1.82) is 0 Å². The van der Waals surface area contributed by atoms with Gasteiger partial charge in [0.15, 0.2) is 0 Å². The number of imidazole rings is 1. The lowest BCUT2D eigenvalue weighted by Gasteiger charge is -2.05. The van der Waals surface area contributed by atoms with Crippen LogP contribution in [0.4, 0.5) is 0 Å². The number of ether oxygens (including phenoxy) is 1. The summed E-state index contributed by atoms with van der Waals surface area (Å²) in [6.07, 6.45) is 6.62. The minimum Gasteiger partial charge on any atom is -0.485 e. The molecule has 1 N–H and O–H groups in total. The van der Waals surface area contributed by atoms with Gasteiger partial charge in [0, 0.05) is 12.4 Å². The highest BCUT2D eigenvalue weighted by Gasteiger charge is 2.04. The van der Waals surface area contributed by atoms with Crippen LogP contribution in [0.2, 0.25) is 0 Å². The summed E-state index contributed by atoms with van der Waals surface area (Å²) >= 11 is 0. The number of hydrogen-bond acceptors (Lipinski definition) is 4. The van der Waals surface area contributed by atoms with Crippen molar-refractivity contribution in [2.24, 2.45) is 0 Å². The van der Waals surface area contributed by atoms with Gasteiger partial charge in [0.2, 0.25) is 0 Å². The number of aromatic amines is 1. The first kappa shape index (κ1) is 9.77. The van der Waals surface area contributed by atoms with Crippen LogP contribution in [0.15, 0.2) is 43.1 Å². The standard InChI is InChI=1S/C12H10N4O/c1-2-10-12(16-8-15-10)11(3-1)17-7-9-6-13-4-5-14-9/h1-6,8H,7H2,(H,15,16). The predicted octanol–water partition coefficient (Wildman–Crippen LogP) is 1.93. The van der Waals surface area contributed by atoms with Gasteiger partial charge in [-0.25, -0.2) is 4.98 Å². The average molecular weight is 226 g/mol. The van der Waals surface area contributed by atoms with Crippen molar-refractivity contribution in [1.82, 2.24) is 19.9 Å². The van der Waals surface area contributed by atoms with Crippen LogP contribution in [0, 0.1) is 0 Å². The highest BCUT2D eigenvalue weighted by molar-refractivity contribution is 5.80. The van der Waals surface area contributed by atoms with Crippen molar-refractivity contribution in [3.05, 3.63) is 48.8 Å². The minimum absolute atomic E-state index is 0.389. The minimum atomic E-state index is 0.389. The lowest BCUT2D eigenvalue weighted by atomic mass is 10.3. The molecule has 0 aliphatic heterocycles. The van der Waals surface area contributed by atoms with Crippen LogP contribution in [0.25, 0.3) is 11.0 Å². The van der Waals surface area contributed by atoms with E-state index in [1.165, 1.54) is 0 Å². The predicted molar refractivity (Wildman–Crippen MR) is 62.5 cm³/mol. The second-order valence-corrected chi connectivity index (χ2v) is 3.54. The number of hydrogen-bond donors (Lipinski definition) is 1. The molecular formula is C12H10N4O. The van der Waals surface area contributed by atoms with Gasteiger partial charge in [-0.05, 0) is 12.1 Å². The molecule has 0 aliphatic rings. The quantitative estimate of drug-likeness (QED) is 0.741. The molecule has 5 heteroatoms. The smallest absolute Gasteiger partial charge is 0.147 e. The summed E-state index contributed by atoms with van der Waals surface area (Å²) in [5.41, 5.74) is 2.58. The zero-order valence-corrected chi connectivity index (χ0v) is 9.00. The molecule has 0 spiro atoms. The van der Waals surface area contributed by atoms with E-state index in [1.54, 1.807) is 24.9 Å². The van der Waals surface area contributed by atoms with Crippen LogP contribution in [-0.4, -0.2) is 19.9 Å². The van der Waals surface area contributed by atoms with Gasteiger partial charge in [0.1, 0.15) is 17.9 Å². The molecule has 0 fully saturated rings. The summed E-state index contributed by atoms with van der Waals surface area (Å²) in [5.74, 6) is 0.745. The maximum Gasteiger partial charge on any atom is 0.147 e. The maximum absolute atomic E-state index is 5.68. The first-order chi connectivity index (χ1) is 8.43. The van der Waals surface area contributed by atoms with Gasteiger partial charge < -0.3 is 9.72 Å². The van der Waals surface area contributed by atoms with Crippen molar-refractivity contribution in [3.8, 4) is 5.75 Å². The van der Waals surface area contributed by atoms with Crippen molar-refractivity contribution < 1.29 is 4.74 Å². The van der Waals surface area contributed by atoms with Gasteiger partial charge in [-0.1, -0.05) is 6.07 Å². The highest BCUT2D eigenvalue weighted by Crippen LogP contribution is 2.22. The first-order valence-electron chi connectivity index (χ1n) is 5.23. The molecule has 2 aromatic heterocycles. The molecule has 0 atom stereocenters. The van der Waals surface area contributed by atoms with Crippen LogP contribution in [0.3, 0.4) is 0 Å². The van der Waals surface area contributed by atoms with Crippen LogP contribution in [0.1, 0.15) is 5.69 Å². The van der Waals surface area contributed by atoms with E-state index in [2.05, 4.69) is 19.9 Å². The molecule has 3 rings (SSSR count). The fraction of sp³-hybridized carbons (Fsp3) is 0.0833. The van der Waals surface area contributed by atoms with E-state index in [-0.39, 0.29) is 0 Å². The van der Waals surface area contributed by atoms with E-state index in [4.69, 9.17) is 4.74 Å². The Balaban J connectivity index is 1.84. The molecule has 0 bridgehead atoms. The molecule has 0 amide bonds. The van der Waals surface area contributed by atoms with Gasteiger partial charge in [-0.15, -0.1) is 0 Å². The zero-order chi connectivity index (χ0) is 11.5. The van der Waals surface area contributed by atoms with E-state index >= 15 is 0 Å². The summed E-state index contributed by atoms with van der Waals surface area (Å²) in [4.78, 5) is 15.4. The zero-order valence-electron chi connectivity index (χ0n) is 9.00. The topological polar surface area (TPSA) is 63.7 Å². The van der Waals surface area contributed by atoms with Crippen LogP contribution in [0.5, 0.6) is 5.75 Å². The fourth-order valence-electron chi connectivity index (χ4n) is 1.61. The molecule has 2 heterocycles. The summed E-state index contributed by atoms with van der Waals surface area (Å²) < 4.78 is 5.68. The van der Waals surface area contributed by atoms with Gasteiger partial charge in [-0.2, -0.15) is 0 Å². The van der Waals surface area contributed by atoms with E-state index < -0.39 is 0 Å². The third-order valence-corrected chi connectivity index (χ3v) is 2.40. The monoisotopic (exact) mass is 226 g/mol. The molecule has 3 aromatic rings. The molecule has 0 radical (unpaired) electrons. The third-order valence-electron chi connectivity index (χ3n) is 2.40. The number of nitrogens with one attached hydrogen (secondary N) is 1. The second-order valence-electron chi connectivity index (χ2n) is 3.54. The largest absolute Gasteiger partial charge is 0.485 e. The molecule has 17 heavy (non-hydrogen) atoms. The Kier molecular flexibility index (Phi) is 2.42. The van der Waals surface area contributed by atoms with Crippen LogP contribution in [-0.2, 0) is 6.61 Å². The summed E-state index contributed by atoms with van der Waals surface area (Å²) in [6.45, 7) is 0.389. The Labute approximate surface area is 97.5 Å². The second kappa shape index (κ2) is 4.21. The van der Waals surface area contributed by atoms with Crippen LogP contribution >= 0.6 is 0 Å². The molecule has 0 unspecified atom stereocenters. The van der Waals surface area contributed by atoms with E-state index in [9.17, 15) is 0 Å². The van der Waals surface area contributed by atoms with E-state index in [0.29, 0.717) is 6.61 Å². The molecule has 5 nitrogen and oxygen atoms in total. The molecule has 1 aromatic carbocycles. The Hall–Kier alpha value is -2.43. The number of H-pyrrole nitrogens is 1. The summed E-state index contributed by atoms with van der Waals surface area (Å²) in [5, 5.41) is 0. The van der Waals surface area contributed by atoms with Gasteiger partial charge in [0.25, 0.3) is 0 Å². The lowest BCUT2D eigenvalue weighted by molar-refractivity contribution is 0.304. The van der Waals surface area contributed by atoms with E-state index in [1.807, 2.05) is 18.2 Å². The van der Waals surface area contributed by atoms with E-state index in [0.717, 1.165) is 22.5 Å². The normalized spacial score (nSPS) is 10.6. The van der Waals surface area contributed by atoms with Gasteiger partial charge in [-0.3, -0.25) is 9.97 Å². The van der Waals surface area contributed by atoms with Crippen molar-refractivity contribution >= 4 is 11.0 Å². The molecule has 0 saturated carbocycles. The van der Waals surface area contributed by atoms with Gasteiger partial charge in [0.05, 0.1) is 23.7 Å². The maximum atomic E-state index is 5.68. The Morgan fingerprint density at radius 1 is 1.18 bits per heavy atom. The number of nitrogens with zero attached hydrogens (tertiary/aromatic N) is 3. The molecule has 84 valence electrons. The highest BCUT2D eigenvalue weighted by atomic mass is 16.5. The Morgan fingerprint density at radius 2 is 2.18 bits per heavy atom. The van der Waals surface area contributed by atoms with Gasteiger partial charge >= 0.3 is 0 Å².